The van der Waals surface area contributed by atoms with Crippen LogP contribution in [0.1, 0.15) is 27.7 Å². The second-order valence-corrected chi connectivity index (χ2v) is 4.77. The molecule has 0 saturated carbocycles. The summed E-state index contributed by atoms with van der Waals surface area (Å²) < 4.78 is 41.7. The monoisotopic (exact) mass is 242 g/mol. The van der Waals surface area contributed by atoms with Gasteiger partial charge in [-0.1, -0.05) is 0 Å². The van der Waals surface area contributed by atoms with Gasteiger partial charge in [0, 0.05) is 6.54 Å². The zero-order valence-electron chi connectivity index (χ0n) is 9.73. The normalized spacial score (nSPS) is 16.5. The Morgan fingerprint density at radius 1 is 1.25 bits per heavy atom. The first-order chi connectivity index (χ1) is 6.85. The molecule has 0 radical (unpaired) electrons. The van der Waals surface area contributed by atoms with E-state index in [4.69, 9.17) is 10.5 Å². The van der Waals surface area contributed by atoms with Gasteiger partial charge in [0.2, 0.25) is 0 Å². The summed E-state index contributed by atoms with van der Waals surface area (Å²) >= 11 is 0. The fourth-order valence-electron chi connectivity index (χ4n) is 0.670. The molecule has 1 atom stereocenters. The zero-order valence-corrected chi connectivity index (χ0v) is 9.73. The van der Waals surface area contributed by atoms with Gasteiger partial charge in [0.25, 0.3) is 0 Å². The van der Waals surface area contributed by atoms with Gasteiger partial charge in [-0.3, -0.25) is 0 Å². The zero-order chi connectivity index (χ0) is 13.2. The van der Waals surface area contributed by atoms with Crippen molar-refractivity contribution in [2.75, 3.05) is 6.54 Å². The van der Waals surface area contributed by atoms with Crippen LogP contribution in [0, 0.1) is 0 Å². The van der Waals surface area contributed by atoms with E-state index in [1.807, 2.05) is 5.32 Å². The van der Waals surface area contributed by atoms with Crippen molar-refractivity contribution < 1.29 is 22.7 Å². The van der Waals surface area contributed by atoms with Crippen molar-refractivity contribution in [2.24, 2.45) is 5.73 Å². The molecular weight excluding hydrogens is 225 g/mol. The number of hydrogen-bond acceptors (Lipinski definition) is 3. The van der Waals surface area contributed by atoms with E-state index in [-0.39, 0.29) is 0 Å². The molecule has 0 aromatic carbocycles. The largest absolute Gasteiger partial charge is 0.444 e. The van der Waals surface area contributed by atoms with Gasteiger partial charge in [0.05, 0.1) is 0 Å². The van der Waals surface area contributed by atoms with Crippen LogP contribution in [0.15, 0.2) is 0 Å². The molecule has 16 heavy (non-hydrogen) atoms. The number of carbonyl (C=O) groups excluding carboxylic acids is 1. The summed E-state index contributed by atoms with van der Waals surface area (Å²) in [6.07, 6.45) is -5.50. The molecule has 0 aliphatic carbocycles. The predicted octanol–water partition coefficient (Wildman–Crippen LogP) is 1.79. The fourth-order valence-corrected chi connectivity index (χ4v) is 0.670. The van der Waals surface area contributed by atoms with E-state index >= 15 is 0 Å². The van der Waals surface area contributed by atoms with E-state index < -0.39 is 30.0 Å². The number of rotatable bonds is 2. The first kappa shape index (κ1) is 15.0. The molecular formula is C9H17F3N2O2. The maximum Gasteiger partial charge on any atom is 0.407 e. The fraction of sp³-hybridized carbons (Fsp3) is 0.889. The van der Waals surface area contributed by atoms with Crippen LogP contribution >= 0.6 is 0 Å². The van der Waals surface area contributed by atoms with Crippen LogP contribution in [-0.4, -0.2) is 30.0 Å². The van der Waals surface area contributed by atoms with Gasteiger partial charge < -0.3 is 15.8 Å². The third-order valence-electron chi connectivity index (χ3n) is 1.65. The Morgan fingerprint density at radius 3 is 2.00 bits per heavy atom. The Hall–Kier alpha value is -0.980. The number of carbonyl (C=O) groups is 1. The van der Waals surface area contributed by atoms with Gasteiger partial charge >= 0.3 is 12.3 Å². The van der Waals surface area contributed by atoms with Crippen molar-refractivity contribution in [2.45, 2.75) is 45.0 Å². The van der Waals surface area contributed by atoms with Crippen LogP contribution in [0.3, 0.4) is 0 Å². The molecule has 4 nitrogen and oxygen atoms in total. The van der Waals surface area contributed by atoms with Gasteiger partial charge in [0.15, 0.2) is 0 Å². The second-order valence-electron chi connectivity index (χ2n) is 4.77. The molecule has 0 unspecified atom stereocenters. The van der Waals surface area contributed by atoms with E-state index in [2.05, 4.69) is 0 Å². The molecule has 0 saturated heterocycles. The molecule has 0 bridgehead atoms. The summed E-state index contributed by atoms with van der Waals surface area (Å²) in [7, 11) is 0. The van der Waals surface area contributed by atoms with Crippen LogP contribution in [-0.2, 0) is 4.74 Å². The minimum absolute atomic E-state index is 0.731. The molecule has 0 aromatic heterocycles. The van der Waals surface area contributed by atoms with Crippen molar-refractivity contribution in [1.29, 1.82) is 0 Å². The summed E-state index contributed by atoms with van der Waals surface area (Å²) in [4.78, 5) is 11.1. The number of alkyl carbamates (subject to hydrolysis) is 1. The first-order valence-corrected chi connectivity index (χ1v) is 4.68. The molecule has 7 heteroatoms. The third kappa shape index (κ3) is 5.20. The standard InChI is InChI=1S/C9H17F3N2O2/c1-7(2,3)16-6(15)14-5-8(4,13)9(10,11)12/h5,13H2,1-4H3,(H,14,15)/t8-/m1/s1. The van der Waals surface area contributed by atoms with Crippen molar-refractivity contribution in [3.05, 3.63) is 0 Å². The predicted molar refractivity (Wildman–Crippen MR) is 52.9 cm³/mol. The smallest absolute Gasteiger partial charge is 0.407 e. The van der Waals surface area contributed by atoms with Crippen molar-refractivity contribution in [3.63, 3.8) is 0 Å². The Balaban J connectivity index is 4.22. The second kappa shape index (κ2) is 4.48. The Labute approximate surface area is 92.3 Å². The minimum atomic E-state index is -4.58. The molecule has 0 aromatic rings. The van der Waals surface area contributed by atoms with E-state index in [0.29, 0.717) is 0 Å². The lowest BCUT2D eigenvalue weighted by Gasteiger charge is -2.28. The summed E-state index contributed by atoms with van der Waals surface area (Å²) in [5.74, 6) is 0. The lowest BCUT2D eigenvalue weighted by atomic mass is 10.0. The Morgan fingerprint density at radius 2 is 1.69 bits per heavy atom. The van der Waals surface area contributed by atoms with Crippen molar-refractivity contribution in [3.8, 4) is 0 Å². The number of hydrogen-bond donors (Lipinski definition) is 2. The number of alkyl halides is 3. The number of amides is 1. The number of ether oxygens (including phenoxy) is 1. The molecule has 1 amide bonds. The molecule has 3 N–H and O–H groups in total. The third-order valence-corrected chi connectivity index (χ3v) is 1.65. The van der Waals surface area contributed by atoms with Crippen molar-refractivity contribution in [1.82, 2.24) is 5.32 Å². The lowest BCUT2D eigenvalue weighted by molar-refractivity contribution is -0.178. The molecule has 0 aliphatic rings. The van der Waals surface area contributed by atoms with E-state index in [1.165, 1.54) is 0 Å². The van der Waals surface area contributed by atoms with E-state index in [9.17, 15) is 18.0 Å². The maximum absolute atomic E-state index is 12.3. The average molecular weight is 242 g/mol. The van der Waals surface area contributed by atoms with Crippen LogP contribution in [0.5, 0.6) is 0 Å². The molecule has 0 fully saturated rings. The summed E-state index contributed by atoms with van der Waals surface area (Å²) in [6, 6.07) is 0. The van der Waals surface area contributed by atoms with Gasteiger partial charge in [-0.15, -0.1) is 0 Å². The van der Waals surface area contributed by atoms with Gasteiger partial charge in [-0.25, -0.2) is 4.79 Å². The molecule has 0 aliphatic heterocycles. The Kier molecular flexibility index (Phi) is 4.21. The highest BCUT2D eigenvalue weighted by molar-refractivity contribution is 5.67. The van der Waals surface area contributed by atoms with Crippen LogP contribution in [0.25, 0.3) is 0 Å². The molecule has 0 heterocycles. The topological polar surface area (TPSA) is 64.3 Å². The highest BCUT2D eigenvalue weighted by atomic mass is 19.4. The summed E-state index contributed by atoms with van der Waals surface area (Å²) in [5, 5.41) is 1.98. The molecule has 0 rings (SSSR count). The number of nitrogens with one attached hydrogen (secondary N) is 1. The van der Waals surface area contributed by atoms with E-state index in [1.54, 1.807) is 20.8 Å². The van der Waals surface area contributed by atoms with Crippen LogP contribution < -0.4 is 11.1 Å². The summed E-state index contributed by atoms with van der Waals surface area (Å²) in [6.45, 7) is 4.89. The van der Waals surface area contributed by atoms with E-state index in [0.717, 1.165) is 6.92 Å². The SMILES string of the molecule is CC(C)(C)OC(=O)NC[C@@](C)(N)C(F)(F)F. The van der Waals surface area contributed by atoms with Gasteiger partial charge in [-0.2, -0.15) is 13.2 Å². The lowest BCUT2D eigenvalue weighted by Crippen LogP contribution is -2.58. The molecule has 96 valence electrons. The number of nitrogens with two attached hydrogens (primary N) is 1. The first-order valence-electron chi connectivity index (χ1n) is 4.68. The van der Waals surface area contributed by atoms with Crippen LogP contribution in [0.4, 0.5) is 18.0 Å². The van der Waals surface area contributed by atoms with Gasteiger partial charge in [0.1, 0.15) is 11.1 Å². The number of halogens is 3. The van der Waals surface area contributed by atoms with Crippen molar-refractivity contribution >= 4 is 6.09 Å². The average Bonchev–Trinajstić information content (AvgIpc) is 1.95. The summed E-state index contributed by atoms with van der Waals surface area (Å²) in [5.41, 5.74) is 1.79. The minimum Gasteiger partial charge on any atom is -0.444 e. The maximum atomic E-state index is 12.3. The van der Waals surface area contributed by atoms with Crippen LogP contribution in [0.2, 0.25) is 0 Å². The quantitative estimate of drug-likeness (QED) is 0.776. The highest BCUT2D eigenvalue weighted by Gasteiger charge is 2.48. The molecule has 0 spiro atoms. The highest BCUT2D eigenvalue weighted by Crippen LogP contribution is 2.27. The Bertz CT molecular complexity index is 256. The van der Waals surface area contributed by atoms with Gasteiger partial charge in [-0.05, 0) is 27.7 Å².